The molecule has 2 aromatic rings. The molecule has 1 saturated heterocycles. The molecule has 2 N–H and O–H groups in total. The van der Waals surface area contributed by atoms with E-state index >= 15 is 0 Å². The zero-order valence-electron chi connectivity index (χ0n) is 14.7. The van der Waals surface area contributed by atoms with E-state index in [0.29, 0.717) is 17.9 Å². The third-order valence-electron chi connectivity index (χ3n) is 4.43. The number of nitrogens with one attached hydrogen (secondary N) is 2. The monoisotopic (exact) mass is 378 g/mol. The highest BCUT2D eigenvalue weighted by molar-refractivity contribution is 5.81. The molecule has 1 heterocycles. The van der Waals surface area contributed by atoms with Crippen LogP contribution in [0.3, 0.4) is 0 Å². The summed E-state index contributed by atoms with van der Waals surface area (Å²) in [5.41, 5.74) is 0.685. The lowest BCUT2D eigenvalue weighted by Gasteiger charge is -2.12. The van der Waals surface area contributed by atoms with Crippen LogP contribution in [-0.4, -0.2) is 18.5 Å². The van der Waals surface area contributed by atoms with Gasteiger partial charge >= 0.3 is 6.18 Å². The van der Waals surface area contributed by atoms with Gasteiger partial charge in [0, 0.05) is 6.54 Å². The minimum Gasteiger partial charge on any atom is -0.489 e. The largest absolute Gasteiger partial charge is 0.489 e. The zero-order chi connectivity index (χ0) is 19.3. The predicted octanol–water partition coefficient (Wildman–Crippen LogP) is 3.65. The Hall–Kier alpha value is -2.54. The van der Waals surface area contributed by atoms with Gasteiger partial charge in [0.15, 0.2) is 0 Å². The van der Waals surface area contributed by atoms with Gasteiger partial charge in [-0.1, -0.05) is 24.3 Å². The quantitative estimate of drug-likeness (QED) is 0.807. The van der Waals surface area contributed by atoms with E-state index in [1.54, 1.807) is 18.2 Å². The van der Waals surface area contributed by atoms with Crippen LogP contribution >= 0.6 is 0 Å². The van der Waals surface area contributed by atoms with Gasteiger partial charge in [-0.25, -0.2) is 0 Å². The van der Waals surface area contributed by atoms with Crippen LogP contribution in [0.5, 0.6) is 5.75 Å². The van der Waals surface area contributed by atoms with Crippen LogP contribution in [0.4, 0.5) is 13.2 Å². The Morgan fingerprint density at radius 1 is 1.15 bits per heavy atom. The molecule has 1 amide bonds. The molecular formula is C20H21F3N2O2. The van der Waals surface area contributed by atoms with Crippen molar-refractivity contribution in [3.63, 3.8) is 0 Å². The van der Waals surface area contributed by atoms with Gasteiger partial charge in [0.2, 0.25) is 5.91 Å². The fourth-order valence-corrected chi connectivity index (χ4v) is 2.93. The molecular weight excluding hydrogens is 357 g/mol. The van der Waals surface area contributed by atoms with Crippen molar-refractivity contribution in [2.45, 2.75) is 38.2 Å². The number of ether oxygens (including phenoxy) is 1. The van der Waals surface area contributed by atoms with Gasteiger partial charge in [-0.3, -0.25) is 4.79 Å². The third-order valence-corrected chi connectivity index (χ3v) is 4.43. The van der Waals surface area contributed by atoms with E-state index < -0.39 is 11.7 Å². The lowest BCUT2D eigenvalue weighted by molar-refractivity contribution is -0.137. The maximum atomic E-state index is 12.7. The molecule has 2 aromatic carbocycles. The van der Waals surface area contributed by atoms with Crippen LogP contribution in [0.2, 0.25) is 0 Å². The van der Waals surface area contributed by atoms with E-state index in [1.165, 1.54) is 6.07 Å². The molecule has 3 rings (SSSR count). The molecule has 144 valence electrons. The second-order valence-electron chi connectivity index (χ2n) is 6.50. The van der Waals surface area contributed by atoms with E-state index in [0.717, 1.165) is 37.1 Å². The van der Waals surface area contributed by atoms with E-state index in [2.05, 4.69) is 10.6 Å². The Bertz CT molecular complexity index is 770. The van der Waals surface area contributed by atoms with Gasteiger partial charge in [0.1, 0.15) is 12.4 Å². The molecule has 7 heteroatoms. The first-order valence-electron chi connectivity index (χ1n) is 8.81. The van der Waals surface area contributed by atoms with Crippen molar-refractivity contribution in [1.29, 1.82) is 0 Å². The second kappa shape index (κ2) is 8.43. The molecule has 27 heavy (non-hydrogen) atoms. The van der Waals surface area contributed by atoms with Gasteiger partial charge in [-0.05, 0) is 54.8 Å². The normalized spacial score (nSPS) is 16.9. The Labute approximate surface area is 155 Å². The van der Waals surface area contributed by atoms with Crippen LogP contribution in [0.25, 0.3) is 0 Å². The molecule has 0 aliphatic carbocycles. The average Bonchev–Trinajstić information content (AvgIpc) is 3.20. The first-order chi connectivity index (χ1) is 12.9. The van der Waals surface area contributed by atoms with Gasteiger partial charge in [-0.2, -0.15) is 13.2 Å². The lowest BCUT2D eigenvalue weighted by atomic mass is 10.1. The summed E-state index contributed by atoms with van der Waals surface area (Å²) in [6, 6.07) is 12.1. The van der Waals surface area contributed by atoms with Crippen molar-refractivity contribution in [3.8, 4) is 5.75 Å². The fraction of sp³-hybridized carbons (Fsp3) is 0.350. The van der Waals surface area contributed by atoms with Crippen LogP contribution in [0.1, 0.15) is 29.5 Å². The Morgan fingerprint density at radius 2 is 1.93 bits per heavy atom. The summed E-state index contributed by atoms with van der Waals surface area (Å²) in [6.45, 7) is 1.34. The SMILES string of the molecule is O=C(NCc1ccc(OCc2cccc(C(F)(F)F)c2)cc1)C1CCCN1. The van der Waals surface area contributed by atoms with Crippen molar-refractivity contribution >= 4 is 5.91 Å². The molecule has 0 spiro atoms. The second-order valence-corrected chi connectivity index (χ2v) is 6.50. The zero-order valence-corrected chi connectivity index (χ0v) is 14.7. The van der Waals surface area contributed by atoms with Gasteiger partial charge < -0.3 is 15.4 Å². The number of benzene rings is 2. The average molecular weight is 378 g/mol. The lowest BCUT2D eigenvalue weighted by Crippen LogP contribution is -2.39. The molecule has 0 bridgehead atoms. The summed E-state index contributed by atoms with van der Waals surface area (Å²) in [5.74, 6) is 0.553. The van der Waals surface area contributed by atoms with Crippen molar-refractivity contribution in [3.05, 3.63) is 65.2 Å². The molecule has 0 saturated carbocycles. The summed E-state index contributed by atoms with van der Waals surface area (Å²) in [6.07, 6.45) is -2.50. The molecule has 0 radical (unpaired) electrons. The Morgan fingerprint density at radius 3 is 2.59 bits per heavy atom. The van der Waals surface area contributed by atoms with E-state index in [9.17, 15) is 18.0 Å². The van der Waals surface area contributed by atoms with Crippen molar-refractivity contribution in [2.75, 3.05) is 6.54 Å². The minimum atomic E-state index is -4.36. The molecule has 1 aliphatic heterocycles. The summed E-state index contributed by atoms with van der Waals surface area (Å²) >= 11 is 0. The topological polar surface area (TPSA) is 50.4 Å². The van der Waals surface area contributed by atoms with Crippen LogP contribution in [0, 0.1) is 0 Å². The molecule has 0 aromatic heterocycles. The van der Waals surface area contributed by atoms with E-state index in [4.69, 9.17) is 4.74 Å². The Balaban J connectivity index is 1.50. The van der Waals surface area contributed by atoms with Crippen molar-refractivity contribution < 1.29 is 22.7 Å². The van der Waals surface area contributed by atoms with Gasteiger partial charge in [-0.15, -0.1) is 0 Å². The summed E-state index contributed by atoms with van der Waals surface area (Å²) < 4.78 is 43.7. The number of carbonyl (C=O) groups is 1. The molecule has 1 unspecified atom stereocenters. The predicted molar refractivity (Wildman–Crippen MR) is 95.1 cm³/mol. The molecule has 1 fully saturated rings. The number of amides is 1. The highest BCUT2D eigenvalue weighted by atomic mass is 19.4. The minimum absolute atomic E-state index is 0.00243. The van der Waals surface area contributed by atoms with Crippen LogP contribution in [-0.2, 0) is 24.1 Å². The van der Waals surface area contributed by atoms with E-state index in [1.807, 2.05) is 12.1 Å². The van der Waals surface area contributed by atoms with Crippen LogP contribution in [0.15, 0.2) is 48.5 Å². The van der Waals surface area contributed by atoms with E-state index in [-0.39, 0.29) is 18.6 Å². The number of carbonyl (C=O) groups excluding carboxylic acids is 1. The summed E-state index contributed by atoms with van der Waals surface area (Å²) in [7, 11) is 0. The van der Waals surface area contributed by atoms with Crippen molar-refractivity contribution in [2.24, 2.45) is 0 Å². The molecule has 4 nitrogen and oxygen atoms in total. The highest BCUT2D eigenvalue weighted by Gasteiger charge is 2.30. The Kier molecular flexibility index (Phi) is 6.01. The number of hydrogen-bond donors (Lipinski definition) is 2. The first kappa shape index (κ1) is 19.2. The summed E-state index contributed by atoms with van der Waals surface area (Å²) in [5, 5.41) is 6.03. The number of rotatable bonds is 6. The standard InChI is InChI=1S/C20H21F3N2O2/c21-20(22,23)16-4-1-3-15(11-16)13-27-17-8-6-14(7-9-17)12-25-19(26)18-5-2-10-24-18/h1,3-4,6-9,11,18,24H,2,5,10,12-13H2,(H,25,26). The van der Waals surface area contributed by atoms with Crippen molar-refractivity contribution in [1.82, 2.24) is 10.6 Å². The fourth-order valence-electron chi connectivity index (χ4n) is 2.93. The van der Waals surface area contributed by atoms with Crippen LogP contribution < -0.4 is 15.4 Å². The number of halogens is 3. The summed E-state index contributed by atoms with van der Waals surface area (Å²) in [4.78, 5) is 12.0. The maximum absolute atomic E-state index is 12.7. The smallest absolute Gasteiger partial charge is 0.416 e. The first-order valence-corrected chi connectivity index (χ1v) is 8.81. The molecule has 1 atom stereocenters. The number of hydrogen-bond acceptors (Lipinski definition) is 3. The molecule has 1 aliphatic rings. The third kappa shape index (κ3) is 5.47. The maximum Gasteiger partial charge on any atom is 0.416 e. The number of alkyl halides is 3. The highest BCUT2D eigenvalue weighted by Crippen LogP contribution is 2.29. The van der Waals surface area contributed by atoms with Gasteiger partial charge in [0.25, 0.3) is 0 Å². The van der Waals surface area contributed by atoms with Gasteiger partial charge in [0.05, 0.1) is 11.6 Å².